The van der Waals surface area contributed by atoms with Gasteiger partial charge in [0.05, 0.1) is 10.9 Å². The topological polar surface area (TPSA) is 55.8 Å². The van der Waals surface area contributed by atoms with E-state index in [2.05, 4.69) is 18.9 Å². The first kappa shape index (κ1) is 24.6. The summed E-state index contributed by atoms with van der Waals surface area (Å²) in [6.07, 6.45) is 10.0. The van der Waals surface area contributed by atoms with Crippen molar-refractivity contribution in [3.8, 4) is 0 Å². The van der Waals surface area contributed by atoms with Crippen LogP contribution in [-0.4, -0.2) is 44.8 Å². The summed E-state index contributed by atoms with van der Waals surface area (Å²) < 4.78 is 39.3. The zero-order valence-electron chi connectivity index (χ0n) is 18.1. The molecule has 1 unspecified atom stereocenters. The Labute approximate surface area is 182 Å². The molecule has 0 aliphatic carbocycles. The molecule has 2 rings (SSSR count). The van der Waals surface area contributed by atoms with Gasteiger partial charge in [-0.05, 0) is 57.2 Å². The second-order valence-corrected chi connectivity index (χ2v) is 9.52. The van der Waals surface area contributed by atoms with Crippen LogP contribution in [0.4, 0.5) is 0 Å². The minimum Gasteiger partial charge on any atom is -0.353 e. The first-order valence-corrected chi connectivity index (χ1v) is 12.2. The molecule has 1 saturated heterocycles. The molecule has 0 aromatic heterocycles. The Morgan fingerprint density at radius 3 is 2.67 bits per heavy atom. The van der Waals surface area contributed by atoms with Gasteiger partial charge in [0, 0.05) is 19.8 Å². The Morgan fingerprint density at radius 1 is 1.27 bits per heavy atom. The van der Waals surface area contributed by atoms with E-state index >= 15 is 0 Å². The molecule has 0 bridgehead atoms. The van der Waals surface area contributed by atoms with Gasteiger partial charge < -0.3 is 9.47 Å². The van der Waals surface area contributed by atoms with Crippen LogP contribution in [0.3, 0.4) is 0 Å². The lowest BCUT2D eigenvalue weighted by molar-refractivity contribution is -0.162. The molecule has 1 aromatic carbocycles. The highest BCUT2D eigenvalue weighted by molar-refractivity contribution is 7.89. The molecule has 1 aliphatic heterocycles. The third-order valence-corrected chi connectivity index (χ3v) is 7.11. The second-order valence-electron chi connectivity index (χ2n) is 7.63. The van der Waals surface area contributed by atoms with E-state index in [1.54, 1.807) is 24.3 Å². The summed E-state index contributed by atoms with van der Waals surface area (Å²) in [6.45, 7) is 11.0. The monoisotopic (exact) mass is 433 g/mol. The summed E-state index contributed by atoms with van der Waals surface area (Å²) in [5, 5.41) is 0. The van der Waals surface area contributed by atoms with Gasteiger partial charge in [-0.3, -0.25) is 0 Å². The van der Waals surface area contributed by atoms with Gasteiger partial charge in [-0.25, -0.2) is 8.42 Å². The van der Waals surface area contributed by atoms with Crippen molar-refractivity contribution >= 4 is 10.0 Å². The minimum absolute atomic E-state index is 0.0575. The van der Waals surface area contributed by atoms with Gasteiger partial charge in [0.1, 0.15) is 0 Å². The van der Waals surface area contributed by atoms with Gasteiger partial charge in [0.15, 0.2) is 6.29 Å². The Balaban J connectivity index is 1.92. The maximum absolute atomic E-state index is 13.2. The van der Waals surface area contributed by atoms with Crippen LogP contribution in [0.5, 0.6) is 0 Å². The first-order chi connectivity index (χ1) is 14.5. The number of hydrogen-bond acceptors (Lipinski definition) is 4. The quantitative estimate of drug-likeness (QED) is 0.250. The fourth-order valence-electron chi connectivity index (χ4n) is 3.52. The highest BCUT2D eigenvalue weighted by Gasteiger charge is 2.29. The average Bonchev–Trinajstić information content (AvgIpc) is 2.75. The largest absolute Gasteiger partial charge is 0.353 e. The Kier molecular flexibility index (Phi) is 10.6. The number of benzene rings is 1. The number of sulfonamides is 1. The molecule has 5 nitrogen and oxygen atoms in total. The number of hydrogen-bond donors (Lipinski definition) is 0. The van der Waals surface area contributed by atoms with Crippen LogP contribution in [0.15, 0.2) is 60.2 Å². The third kappa shape index (κ3) is 7.53. The molecular formula is C24H35NO4S. The van der Waals surface area contributed by atoms with Crippen molar-refractivity contribution in [3.63, 3.8) is 0 Å². The highest BCUT2D eigenvalue weighted by Crippen LogP contribution is 2.22. The summed E-state index contributed by atoms with van der Waals surface area (Å²) in [7, 11) is -3.64. The van der Waals surface area contributed by atoms with Crippen molar-refractivity contribution in [3.05, 3.63) is 60.9 Å². The Bertz CT molecular complexity index is 791. The molecule has 0 spiro atoms. The van der Waals surface area contributed by atoms with E-state index < -0.39 is 10.0 Å². The van der Waals surface area contributed by atoms with Gasteiger partial charge in [0.2, 0.25) is 10.0 Å². The molecule has 2 atom stereocenters. The predicted octanol–water partition coefficient (Wildman–Crippen LogP) is 4.99. The van der Waals surface area contributed by atoms with E-state index in [0.29, 0.717) is 17.9 Å². The third-order valence-electron chi connectivity index (χ3n) is 5.20. The fraction of sp³-hybridized carbons (Fsp3) is 0.542. The van der Waals surface area contributed by atoms with Crippen LogP contribution in [-0.2, 0) is 19.5 Å². The molecule has 0 radical (unpaired) electrons. The van der Waals surface area contributed by atoms with Crippen LogP contribution < -0.4 is 0 Å². The predicted molar refractivity (Wildman–Crippen MR) is 121 cm³/mol. The average molecular weight is 434 g/mol. The molecule has 1 aliphatic rings. The smallest absolute Gasteiger partial charge is 0.243 e. The van der Waals surface area contributed by atoms with Crippen LogP contribution in [0.25, 0.3) is 0 Å². The summed E-state index contributed by atoms with van der Waals surface area (Å²) in [5.41, 5.74) is 3.80. The standard InChI is InChI=1S/C24H35NO4S/c1-4-11-22(12-7-6-9-19-28-24-13-8-10-20-29-24)25(18-5-2)30(26,27)23-16-14-21(3)15-17-23/h5,11,14-17,22,24H,1-2,6-10,12-13,18-20H2,3H3/t22-,24?/m1/s1. The van der Waals surface area contributed by atoms with Crippen molar-refractivity contribution in [2.75, 3.05) is 19.8 Å². The molecule has 6 heteroatoms. The van der Waals surface area contributed by atoms with Crippen LogP contribution in [0.1, 0.15) is 50.5 Å². The number of aryl methyl sites for hydroxylation is 1. The van der Waals surface area contributed by atoms with Crippen molar-refractivity contribution < 1.29 is 17.9 Å². The lowest BCUT2D eigenvalue weighted by Crippen LogP contribution is -2.39. The molecular weight excluding hydrogens is 398 g/mol. The normalized spacial score (nSPS) is 18.0. The van der Waals surface area contributed by atoms with E-state index in [-0.39, 0.29) is 18.9 Å². The molecule has 0 saturated carbocycles. The van der Waals surface area contributed by atoms with E-state index in [4.69, 9.17) is 9.47 Å². The molecule has 0 N–H and O–H groups in total. The highest BCUT2D eigenvalue weighted by atomic mass is 32.2. The Hall–Kier alpha value is -1.69. The molecule has 166 valence electrons. The lowest BCUT2D eigenvalue weighted by atomic mass is 10.1. The molecule has 1 aromatic rings. The second kappa shape index (κ2) is 12.9. The van der Waals surface area contributed by atoms with Crippen LogP contribution >= 0.6 is 0 Å². The van der Waals surface area contributed by atoms with E-state index in [1.165, 1.54) is 4.31 Å². The van der Waals surface area contributed by atoms with Gasteiger partial charge in [-0.1, -0.05) is 43.2 Å². The zero-order chi connectivity index (χ0) is 21.8. The van der Waals surface area contributed by atoms with Crippen molar-refractivity contribution in [1.82, 2.24) is 4.31 Å². The SMILES string of the molecule is C=C=C[C@H](CCCCCOC1CCCCO1)N(CC=C)S(=O)(=O)c1ccc(C)cc1. The van der Waals surface area contributed by atoms with Crippen molar-refractivity contribution in [2.45, 2.75) is 69.1 Å². The molecule has 1 heterocycles. The maximum atomic E-state index is 13.2. The fourth-order valence-corrected chi connectivity index (χ4v) is 5.10. The van der Waals surface area contributed by atoms with E-state index in [9.17, 15) is 8.42 Å². The van der Waals surface area contributed by atoms with Crippen LogP contribution in [0, 0.1) is 6.92 Å². The van der Waals surface area contributed by atoms with Gasteiger partial charge >= 0.3 is 0 Å². The lowest BCUT2D eigenvalue weighted by Gasteiger charge is -2.28. The zero-order valence-corrected chi connectivity index (χ0v) is 18.9. The minimum atomic E-state index is -3.64. The van der Waals surface area contributed by atoms with Crippen LogP contribution in [0.2, 0.25) is 0 Å². The van der Waals surface area contributed by atoms with Gasteiger partial charge in [0.25, 0.3) is 0 Å². The van der Waals surface area contributed by atoms with E-state index in [1.807, 2.05) is 19.1 Å². The molecule has 0 amide bonds. The Morgan fingerprint density at radius 2 is 2.03 bits per heavy atom. The van der Waals surface area contributed by atoms with Gasteiger partial charge in [-0.15, -0.1) is 12.3 Å². The summed E-state index contributed by atoms with van der Waals surface area (Å²) in [6, 6.07) is 6.62. The number of rotatable bonds is 13. The number of unbranched alkanes of at least 4 members (excludes halogenated alkanes) is 2. The van der Waals surface area contributed by atoms with E-state index in [0.717, 1.165) is 50.7 Å². The maximum Gasteiger partial charge on any atom is 0.243 e. The molecule has 30 heavy (non-hydrogen) atoms. The number of ether oxygens (including phenoxy) is 2. The molecule has 1 fully saturated rings. The first-order valence-electron chi connectivity index (χ1n) is 10.8. The van der Waals surface area contributed by atoms with Crippen molar-refractivity contribution in [1.29, 1.82) is 0 Å². The number of nitrogens with zero attached hydrogens (tertiary/aromatic N) is 1. The summed E-state index contributed by atoms with van der Waals surface area (Å²) in [4.78, 5) is 0.290. The van der Waals surface area contributed by atoms with Crippen molar-refractivity contribution in [2.24, 2.45) is 0 Å². The summed E-state index contributed by atoms with van der Waals surface area (Å²) in [5.74, 6) is 0. The van der Waals surface area contributed by atoms with Gasteiger partial charge in [-0.2, -0.15) is 4.31 Å². The summed E-state index contributed by atoms with van der Waals surface area (Å²) >= 11 is 0.